The molecule has 1 heterocycles. The second kappa shape index (κ2) is 5.15. The van der Waals surface area contributed by atoms with Gasteiger partial charge in [-0.3, -0.25) is 0 Å². The van der Waals surface area contributed by atoms with Crippen molar-refractivity contribution in [3.8, 4) is 6.07 Å². The summed E-state index contributed by atoms with van der Waals surface area (Å²) in [6.07, 6.45) is 1.70. The van der Waals surface area contributed by atoms with Gasteiger partial charge in [-0.05, 0) is 31.4 Å². The van der Waals surface area contributed by atoms with Gasteiger partial charge in [0.15, 0.2) is 0 Å². The molecule has 0 radical (unpaired) electrons. The van der Waals surface area contributed by atoms with Crippen LogP contribution >= 0.6 is 0 Å². The predicted octanol–water partition coefficient (Wildman–Crippen LogP) is 2.05. The van der Waals surface area contributed by atoms with Crippen molar-refractivity contribution < 1.29 is 0 Å². The average Bonchev–Trinajstić information content (AvgIpc) is 2.29. The molecule has 4 heteroatoms. The maximum atomic E-state index is 9.15. The SMILES string of the molecule is Cc1ccnc(NC(C)(CN)C(C)C)c1C#N. The van der Waals surface area contributed by atoms with Crippen LogP contribution in [0.4, 0.5) is 5.82 Å². The highest BCUT2D eigenvalue weighted by Crippen LogP contribution is 2.24. The van der Waals surface area contributed by atoms with Gasteiger partial charge in [-0.2, -0.15) is 5.26 Å². The molecule has 0 saturated carbocycles. The number of nitrogens with two attached hydrogens (primary N) is 1. The van der Waals surface area contributed by atoms with Gasteiger partial charge in [0.2, 0.25) is 0 Å². The molecule has 0 aliphatic heterocycles. The maximum Gasteiger partial charge on any atom is 0.144 e. The van der Waals surface area contributed by atoms with E-state index in [0.717, 1.165) is 5.56 Å². The van der Waals surface area contributed by atoms with Crippen LogP contribution in [0.5, 0.6) is 0 Å². The predicted molar refractivity (Wildman–Crippen MR) is 69.6 cm³/mol. The highest BCUT2D eigenvalue weighted by atomic mass is 15.1. The molecule has 4 nitrogen and oxygen atoms in total. The summed E-state index contributed by atoms with van der Waals surface area (Å²) < 4.78 is 0. The molecule has 1 rings (SSSR count). The Morgan fingerprint density at radius 3 is 2.71 bits per heavy atom. The van der Waals surface area contributed by atoms with E-state index in [1.807, 2.05) is 19.9 Å². The van der Waals surface area contributed by atoms with Gasteiger partial charge in [-0.1, -0.05) is 13.8 Å². The first-order valence-electron chi connectivity index (χ1n) is 5.78. The van der Waals surface area contributed by atoms with Crippen molar-refractivity contribution in [1.82, 2.24) is 4.98 Å². The molecule has 0 saturated heterocycles. The third-order valence-corrected chi connectivity index (χ3v) is 3.37. The van der Waals surface area contributed by atoms with E-state index in [4.69, 9.17) is 11.0 Å². The Morgan fingerprint density at radius 2 is 2.24 bits per heavy atom. The van der Waals surface area contributed by atoms with E-state index in [2.05, 4.69) is 30.2 Å². The molecular weight excluding hydrogens is 212 g/mol. The summed E-state index contributed by atoms with van der Waals surface area (Å²) in [6.45, 7) is 8.64. The lowest BCUT2D eigenvalue weighted by Gasteiger charge is -2.34. The first kappa shape index (κ1) is 13.5. The number of hydrogen-bond acceptors (Lipinski definition) is 4. The molecule has 0 spiro atoms. The van der Waals surface area contributed by atoms with E-state index in [1.165, 1.54) is 0 Å². The van der Waals surface area contributed by atoms with E-state index in [9.17, 15) is 0 Å². The third kappa shape index (κ3) is 2.75. The van der Waals surface area contributed by atoms with Crippen molar-refractivity contribution in [3.05, 3.63) is 23.4 Å². The molecule has 0 aliphatic rings. The lowest BCUT2D eigenvalue weighted by atomic mass is 9.88. The molecule has 3 N–H and O–H groups in total. The summed E-state index contributed by atoms with van der Waals surface area (Å²) in [4.78, 5) is 4.24. The monoisotopic (exact) mass is 232 g/mol. The Kier molecular flexibility index (Phi) is 4.08. The number of aromatic nitrogens is 1. The van der Waals surface area contributed by atoms with E-state index in [-0.39, 0.29) is 5.54 Å². The fourth-order valence-corrected chi connectivity index (χ4v) is 1.50. The second-order valence-corrected chi connectivity index (χ2v) is 4.86. The number of anilines is 1. The van der Waals surface area contributed by atoms with Crippen LogP contribution in [-0.4, -0.2) is 17.1 Å². The molecule has 17 heavy (non-hydrogen) atoms. The van der Waals surface area contributed by atoms with Gasteiger partial charge in [0.25, 0.3) is 0 Å². The molecule has 1 aromatic heterocycles. The largest absolute Gasteiger partial charge is 0.362 e. The van der Waals surface area contributed by atoms with Crippen molar-refractivity contribution in [1.29, 1.82) is 5.26 Å². The summed E-state index contributed by atoms with van der Waals surface area (Å²) in [5, 5.41) is 12.5. The zero-order chi connectivity index (χ0) is 13.1. The fraction of sp³-hybridized carbons (Fsp3) is 0.538. The van der Waals surface area contributed by atoms with Crippen LogP contribution in [0.1, 0.15) is 31.9 Å². The summed E-state index contributed by atoms with van der Waals surface area (Å²) in [5.41, 5.74) is 7.07. The highest BCUT2D eigenvalue weighted by Gasteiger charge is 2.27. The van der Waals surface area contributed by atoms with Gasteiger partial charge in [0, 0.05) is 12.7 Å². The number of pyridine rings is 1. The Morgan fingerprint density at radius 1 is 1.59 bits per heavy atom. The minimum absolute atomic E-state index is 0.258. The van der Waals surface area contributed by atoms with Crippen molar-refractivity contribution in [2.75, 3.05) is 11.9 Å². The third-order valence-electron chi connectivity index (χ3n) is 3.37. The van der Waals surface area contributed by atoms with Crippen LogP contribution in [0.2, 0.25) is 0 Å². The van der Waals surface area contributed by atoms with Crippen LogP contribution in [-0.2, 0) is 0 Å². The normalized spacial score (nSPS) is 14.2. The van der Waals surface area contributed by atoms with Gasteiger partial charge >= 0.3 is 0 Å². The molecule has 0 fully saturated rings. The number of rotatable bonds is 4. The van der Waals surface area contributed by atoms with Crippen molar-refractivity contribution in [2.45, 2.75) is 33.2 Å². The van der Waals surface area contributed by atoms with Gasteiger partial charge in [0.05, 0.1) is 11.1 Å². The Labute approximate surface area is 103 Å². The first-order chi connectivity index (χ1) is 7.94. The number of nitriles is 1. The van der Waals surface area contributed by atoms with Gasteiger partial charge in [0.1, 0.15) is 11.9 Å². The summed E-state index contributed by atoms with van der Waals surface area (Å²) >= 11 is 0. The highest BCUT2D eigenvalue weighted by molar-refractivity contribution is 5.56. The zero-order valence-electron chi connectivity index (χ0n) is 10.9. The Hall–Kier alpha value is -1.60. The molecule has 0 aromatic carbocycles. The number of nitrogens with one attached hydrogen (secondary N) is 1. The fourth-order valence-electron chi connectivity index (χ4n) is 1.50. The minimum atomic E-state index is -0.258. The smallest absolute Gasteiger partial charge is 0.144 e. The molecule has 0 aliphatic carbocycles. The van der Waals surface area contributed by atoms with Crippen molar-refractivity contribution in [3.63, 3.8) is 0 Å². The minimum Gasteiger partial charge on any atom is -0.362 e. The van der Waals surface area contributed by atoms with E-state index in [0.29, 0.717) is 23.8 Å². The summed E-state index contributed by atoms with van der Waals surface area (Å²) in [7, 11) is 0. The number of nitrogens with zero attached hydrogens (tertiary/aromatic N) is 2. The molecule has 1 aromatic rings. The van der Waals surface area contributed by atoms with Gasteiger partial charge in [-0.25, -0.2) is 4.98 Å². The van der Waals surface area contributed by atoms with Crippen LogP contribution in [0.25, 0.3) is 0 Å². The molecule has 92 valence electrons. The average molecular weight is 232 g/mol. The molecule has 0 bridgehead atoms. The first-order valence-corrected chi connectivity index (χ1v) is 5.78. The van der Waals surface area contributed by atoms with Crippen molar-refractivity contribution in [2.24, 2.45) is 11.7 Å². The topological polar surface area (TPSA) is 74.7 Å². The summed E-state index contributed by atoms with van der Waals surface area (Å²) in [6, 6.07) is 4.02. The Balaban J connectivity index is 3.11. The van der Waals surface area contributed by atoms with E-state index in [1.54, 1.807) is 6.20 Å². The zero-order valence-corrected chi connectivity index (χ0v) is 10.9. The molecule has 1 atom stereocenters. The number of hydrogen-bond donors (Lipinski definition) is 2. The van der Waals surface area contributed by atoms with Gasteiger partial charge < -0.3 is 11.1 Å². The second-order valence-electron chi connectivity index (χ2n) is 4.86. The van der Waals surface area contributed by atoms with Crippen LogP contribution < -0.4 is 11.1 Å². The van der Waals surface area contributed by atoms with Crippen LogP contribution in [0, 0.1) is 24.2 Å². The van der Waals surface area contributed by atoms with E-state index >= 15 is 0 Å². The standard InChI is InChI=1S/C13H20N4/c1-9(2)13(4,8-15)17-12-11(7-14)10(3)5-6-16-12/h5-6,9H,8,15H2,1-4H3,(H,16,17). The van der Waals surface area contributed by atoms with Crippen LogP contribution in [0.15, 0.2) is 12.3 Å². The van der Waals surface area contributed by atoms with Gasteiger partial charge in [-0.15, -0.1) is 0 Å². The molecule has 0 amide bonds. The lowest BCUT2D eigenvalue weighted by molar-refractivity contribution is 0.381. The molecular formula is C13H20N4. The van der Waals surface area contributed by atoms with Crippen LogP contribution in [0.3, 0.4) is 0 Å². The van der Waals surface area contributed by atoms with E-state index < -0.39 is 0 Å². The lowest BCUT2D eigenvalue weighted by Crippen LogP contribution is -2.47. The number of aryl methyl sites for hydroxylation is 1. The maximum absolute atomic E-state index is 9.15. The molecule has 1 unspecified atom stereocenters. The van der Waals surface area contributed by atoms with Crippen molar-refractivity contribution >= 4 is 5.82 Å². The summed E-state index contributed by atoms with van der Waals surface area (Å²) in [5.74, 6) is 0.968. The quantitative estimate of drug-likeness (QED) is 0.833. The Bertz CT molecular complexity index is 434.